The zero-order valence-electron chi connectivity index (χ0n) is 5.51. The molecule has 1 fully saturated rings. The molecule has 0 aromatic rings. The second-order valence-electron chi connectivity index (χ2n) is 2.52. The Morgan fingerprint density at radius 3 is 3.00 bits per heavy atom. The minimum absolute atomic E-state index is 0.130. The summed E-state index contributed by atoms with van der Waals surface area (Å²) < 4.78 is 0. The van der Waals surface area contributed by atoms with Crippen molar-refractivity contribution in [2.45, 2.75) is 25.0 Å². The van der Waals surface area contributed by atoms with Crippen molar-refractivity contribution in [2.24, 2.45) is 0 Å². The number of hydrogen-bond acceptors (Lipinski definition) is 2. The SMILES string of the molecule is C=CCC1CC(O)CN1. The summed E-state index contributed by atoms with van der Waals surface area (Å²) >= 11 is 0. The molecule has 0 aliphatic carbocycles. The molecule has 9 heavy (non-hydrogen) atoms. The third kappa shape index (κ3) is 1.80. The van der Waals surface area contributed by atoms with Crippen LogP contribution in [0.2, 0.25) is 0 Å². The van der Waals surface area contributed by atoms with Crippen LogP contribution in [-0.2, 0) is 0 Å². The summed E-state index contributed by atoms with van der Waals surface area (Å²) in [5.74, 6) is 0. The lowest BCUT2D eigenvalue weighted by Gasteiger charge is -2.03. The topological polar surface area (TPSA) is 32.3 Å². The molecule has 0 spiro atoms. The Morgan fingerprint density at radius 1 is 1.78 bits per heavy atom. The van der Waals surface area contributed by atoms with E-state index in [4.69, 9.17) is 5.11 Å². The summed E-state index contributed by atoms with van der Waals surface area (Å²) in [6.07, 6.45) is 3.61. The molecule has 2 atom stereocenters. The molecule has 1 aliphatic heterocycles. The smallest absolute Gasteiger partial charge is 0.0679 e. The Morgan fingerprint density at radius 2 is 2.56 bits per heavy atom. The van der Waals surface area contributed by atoms with Gasteiger partial charge in [-0.05, 0) is 12.8 Å². The highest BCUT2D eigenvalue weighted by Crippen LogP contribution is 2.09. The molecular weight excluding hydrogens is 114 g/mol. The molecule has 2 N–H and O–H groups in total. The van der Waals surface area contributed by atoms with E-state index in [1.165, 1.54) is 0 Å². The van der Waals surface area contributed by atoms with Gasteiger partial charge in [0.2, 0.25) is 0 Å². The number of rotatable bonds is 2. The minimum atomic E-state index is -0.130. The first-order valence-corrected chi connectivity index (χ1v) is 3.35. The minimum Gasteiger partial charge on any atom is -0.392 e. The van der Waals surface area contributed by atoms with E-state index in [2.05, 4.69) is 11.9 Å². The van der Waals surface area contributed by atoms with Crippen LogP contribution in [-0.4, -0.2) is 23.8 Å². The maximum atomic E-state index is 9.03. The van der Waals surface area contributed by atoms with E-state index in [0.717, 1.165) is 19.4 Å². The van der Waals surface area contributed by atoms with Crippen molar-refractivity contribution in [1.29, 1.82) is 0 Å². The van der Waals surface area contributed by atoms with E-state index >= 15 is 0 Å². The van der Waals surface area contributed by atoms with Gasteiger partial charge in [-0.15, -0.1) is 6.58 Å². The molecule has 2 unspecified atom stereocenters. The maximum Gasteiger partial charge on any atom is 0.0679 e. The Balaban J connectivity index is 2.21. The summed E-state index contributed by atoms with van der Waals surface area (Å²) in [6.45, 7) is 4.38. The number of nitrogens with one attached hydrogen (secondary N) is 1. The lowest BCUT2D eigenvalue weighted by atomic mass is 10.1. The van der Waals surface area contributed by atoms with Crippen molar-refractivity contribution in [2.75, 3.05) is 6.54 Å². The Kier molecular flexibility index (Phi) is 2.25. The van der Waals surface area contributed by atoms with Crippen molar-refractivity contribution >= 4 is 0 Å². The molecule has 0 aromatic carbocycles. The number of hydrogen-bond donors (Lipinski definition) is 2. The highest BCUT2D eigenvalue weighted by molar-refractivity contribution is 4.86. The van der Waals surface area contributed by atoms with Gasteiger partial charge in [-0.2, -0.15) is 0 Å². The van der Waals surface area contributed by atoms with E-state index in [9.17, 15) is 0 Å². The molecule has 0 bridgehead atoms. The van der Waals surface area contributed by atoms with Gasteiger partial charge in [-0.3, -0.25) is 0 Å². The van der Waals surface area contributed by atoms with E-state index in [1.807, 2.05) is 6.08 Å². The predicted octanol–water partition coefficient (Wildman–Crippen LogP) is 0.285. The van der Waals surface area contributed by atoms with Crippen molar-refractivity contribution in [3.8, 4) is 0 Å². The van der Waals surface area contributed by atoms with Gasteiger partial charge in [-0.1, -0.05) is 6.08 Å². The molecular formula is C7H13NO. The molecule has 2 heteroatoms. The molecule has 0 amide bonds. The summed E-state index contributed by atoms with van der Waals surface area (Å²) in [6, 6.07) is 0.470. The third-order valence-corrected chi connectivity index (χ3v) is 1.65. The molecule has 1 heterocycles. The molecule has 0 aromatic heterocycles. The third-order valence-electron chi connectivity index (χ3n) is 1.65. The molecule has 1 rings (SSSR count). The average molecular weight is 127 g/mol. The summed E-state index contributed by atoms with van der Waals surface area (Å²) in [5.41, 5.74) is 0. The maximum absolute atomic E-state index is 9.03. The second-order valence-corrected chi connectivity index (χ2v) is 2.52. The van der Waals surface area contributed by atoms with Crippen LogP contribution >= 0.6 is 0 Å². The lowest BCUT2D eigenvalue weighted by molar-refractivity contribution is 0.193. The molecule has 2 nitrogen and oxygen atoms in total. The van der Waals surface area contributed by atoms with E-state index < -0.39 is 0 Å². The van der Waals surface area contributed by atoms with Crippen LogP contribution in [0.4, 0.5) is 0 Å². The molecule has 52 valence electrons. The molecule has 0 radical (unpaired) electrons. The van der Waals surface area contributed by atoms with Gasteiger partial charge in [0.05, 0.1) is 6.10 Å². The van der Waals surface area contributed by atoms with Gasteiger partial charge >= 0.3 is 0 Å². The number of aliphatic hydroxyl groups is 1. The first kappa shape index (κ1) is 6.78. The Hall–Kier alpha value is -0.340. The average Bonchev–Trinajstić information content (AvgIpc) is 2.17. The van der Waals surface area contributed by atoms with Crippen LogP contribution in [0.5, 0.6) is 0 Å². The van der Waals surface area contributed by atoms with Crippen molar-refractivity contribution < 1.29 is 5.11 Å². The second kappa shape index (κ2) is 2.99. The van der Waals surface area contributed by atoms with Crippen molar-refractivity contribution in [1.82, 2.24) is 5.32 Å². The van der Waals surface area contributed by atoms with Gasteiger partial charge in [0.1, 0.15) is 0 Å². The zero-order chi connectivity index (χ0) is 6.69. The Labute approximate surface area is 55.6 Å². The highest BCUT2D eigenvalue weighted by Gasteiger charge is 2.19. The van der Waals surface area contributed by atoms with Crippen molar-refractivity contribution in [3.63, 3.8) is 0 Å². The monoisotopic (exact) mass is 127 g/mol. The van der Waals surface area contributed by atoms with Crippen LogP contribution in [0, 0.1) is 0 Å². The summed E-state index contributed by atoms with van der Waals surface area (Å²) in [4.78, 5) is 0. The predicted molar refractivity (Wildman–Crippen MR) is 37.2 cm³/mol. The first-order chi connectivity index (χ1) is 4.33. The van der Waals surface area contributed by atoms with Crippen LogP contribution < -0.4 is 5.32 Å². The van der Waals surface area contributed by atoms with E-state index in [1.54, 1.807) is 0 Å². The van der Waals surface area contributed by atoms with Gasteiger partial charge in [0, 0.05) is 12.6 Å². The molecule has 1 aliphatic rings. The standard InChI is InChI=1S/C7H13NO/c1-2-3-6-4-7(9)5-8-6/h2,6-9H,1,3-5H2. The fourth-order valence-corrected chi connectivity index (χ4v) is 1.18. The van der Waals surface area contributed by atoms with E-state index in [0.29, 0.717) is 6.04 Å². The van der Waals surface area contributed by atoms with Crippen LogP contribution in [0.1, 0.15) is 12.8 Å². The highest BCUT2D eigenvalue weighted by atomic mass is 16.3. The summed E-state index contributed by atoms with van der Waals surface area (Å²) in [7, 11) is 0. The lowest BCUT2D eigenvalue weighted by Crippen LogP contribution is -2.20. The van der Waals surface area contributed by atoms with Gasteiger partial charge in [0.25, 0.3) is 0 Å². The van der Waals surface area contributed by atoms with Gasteiger partial charge in [0.15, 0.2) is 0 Å². The molecule has 1 saturated heterocycles. The van der Waals surface area contributed by atoms with Gasteiger partial charge < -0.3 is 10.4 Å². The van der Waals surface area contributed by atoms with E-state index in [-0.39, 0.29) is 6.10 Å². The fraction of sp³-hybridized carbons (Fsp3) is 0.714. The molecule has 0 saturated carbocycles. The van der Waals surface area contributed by atoms with Crippen LogP contribution in [0.15, 0.2) is 12.7 Å². The van der Waals surface area contributed by atoms with Crippen LogP contribution in [0.25, 0.3) is 0 Å². The van der Waals surface area contributed by atoms with Gasteiger partial charge in [-0.25, -0.2) is 0 Å². The normalized spacial score (nSPS) is 34.8. The van der Waals surface area contributed by atoms with Crippen LogP contribution in [0.3, 0.4) is 0 Å². The largest absolute Gasteiger partial charge is 0.392 e. The number of aliphatic hydroxyl groups excluding tert-OH is 1. The Bertz CT molecular complexity index is 103. The fourth-order valence-electron chi connectivity index (χ4n) is 1.18. The van der Waals surface area contributed by atoms with Crippen molar-refractivity contribution in [3.05, 3.63) is 12.7 Å². The first-order valence-electron chi connectivity index (χ1n) is 3.35. The number of β-amino-alcohol motifs (C(OH)–C–C–N with tert-alkyl or cyclic N) is 1. The quantitative estimate of drug-likeness (QED) is 0.522. The summed E-state index contributed by atoms with van der Waals surface area (Å²) in [5, 5.41) is 12.2. The zero-order valence-corrected chi connectivity index (χ0v) is 5.51.